The van der Waals surface area contributed by atoms with Crippen LogP contribution in [0.1, 0.15) is 70.2 Å². The fourth-order valence-electron chi connectivity index (χ4n) is 4.93. The van der Waals surface area contributed by atoms with E-state index in [4.69, 9.17) is 0 Å². The van der Waals surface area contributed by atoms with Crippen molar-refractivity contribution in [3.8, 4) is 0 Å². The Bertz CT molecular complexity index is 794. The summed E-state index contributed by atoms with van der Waals surface area (Å²) in [5, 5.41) is 0. The number of hydrogen-bond acceptors (Lipinski definition) is 3. The number of rotatable bonds is 5. The van der Waals surface area contributed by atoms with Gasteiger partial charge in [0.25, 0.3) is 5.91 Å². The molecule has 0 spiro atoms. The maximum absolute atomic E-state index is 13.5. The fourth-order valence-corrected chi connectivity index (χ4v) is 4.93. The second-order valence-corrected chi connectivity index (χ2v) is 10.3. The molecular formula is C26H39N3O3. The zero-order valence-corrected chi connectivity index (χ0v) is 20.2. The standard InChI is InChI=1S/C26H39N3O3/c1-5-15-29(24(31)21-12-9-16-28(19-21)25(32)26(2,3)4)22-13-17-27(18-14-22)23(30)20-10-7-6-8-11-20/h6-8,10-11,21-22H,5,9,12-19H2,1-4H3. The molecular weight excluding hydrogens is 402 g/mol. The minimum absolute atomic E-state index is 0.0704. The number of benzene rings is 1. The van der Waals surface area contributed by atoms with Crippen molar-refractivity contribution in [3.63, 3.8) is 0 Å². The summed E-state index contributed by atoms with van der Waals surface area (Å²) in [5.74, 6) is 0.266. The number of carbonyl (C=O) groups is 3. The molecule has 6 nitrogen and oxygen atoms in total. The zero-order chi connectivity index (χ0) is 23.3. The molecule has 1 atom stereocenters. The Labute approximate surface area is 192 Å². The Hall–Kier alpha value is -2.37. The molecule has 2 fully saturated rings. The smallest absolute Gasteiger partial charge is 0.253 e. The molecule has 2 aliphatic rings. The van der Waals surface area contributed by atoms with Gasteiger partial charge in [0.05, 0.1) is 5.92 Å². The predicted octanol–water partition coefficient (Wildman–Crippen LogP) is 3.81. The van der Waals surface area contributed by atoms with Crippen molar-refractivity contribution in [2.75, 3.05) is 32.7 Å². The lowest BCUT2D eigenvalue weighted by Gasteiger charge is -2.42. The number of likely N-dealkylation sites (tertiary alicyclic amines) is 2. The van der Waals surface area contributed by atoms with Crippen LogP contribution in [-0.2, 0) is 9.59 Å². The van der Waals surface area contributed by atoms with E-state index in [9.17, 15) is 14.4 Å². The summed E-state index contributed by atoms with van der Waals surface area (Å²) in [6, 6.07) is 9.57. The number of piperidine rings is 2. The topological polar surface area (TPSA) is 60.9 Å². The normalized spacial score (nSPS) is 20.2. The molecule has 1 aromatic carbocycles. The molecule has 32 heavy (non-hydrogen) atoms. The zero-order valence-electron chi connectivity index (χ0n) is 20.2. The monoisotopic (exact) mass is 441 g/mol. The van der Waals surface area contributed by atoms with Crippen LogP contribution in [-0.4, -0.2) is 71.2 Å². The van der Waals surface area contributed by atoms with Crippen LogP contribution in [0.25, 0.3) is 0 Å². The first-order valence-electron chi connectivity index (χ1n) is 12.2. The molecule has 1 unspecified atom stereocenters. The van der Waals surface area contributed by atoms with Gasteiger partial charge in [-0.1, -0.05) is 45.9 Å². The Kier molecular flexibility index (Phi) is 7.96. The van der Waals surface area contributed by atoms with E-state index in [0.29, 0.717) is 19.6 Å². The van der Waals surface area contributed by atoms with Crippen molar-refractivity contribution >= 4 is 17.7 Å². The van der Waals surface area contributed by atoms with Gasteiger partial charge in [-0.3, -0.25) is 14.4 Å². The molecule has 1 aromatic rings. The summed E-state index contributed by atoms with van der Waals surface area (Å²) in [7, 11) is 0. The molecule has 6 heteroatoms. The molecule has 2 heterocycles. The summed E-state index contributed by atoms with van der Waals surface area (Å²) in [6.07, 6.45) is 4.25. The highest BCUT2D eigenvalue weighted by Crippen LogP contribution is 2.27. The van der Waals surface area contributed by atoms with E-state index in [2.05, 4.69) is 11.8 Å². The van der Waals surface area contributed by atoms with E-state index in [-0.39, 0.29) is 29.7 Å². The Balaban J connectivity index is 1.62. The maximum atomic E-state index is 13.5. The Morgan fingerprint density at radius 3 is 2.22 bits per heavy atom. The fraction of sp³-hybridized carbons (Fsp3) is 0.654. The molecule has 2 saturated heterocycles. The average molecular weight is 442 g/mol. The van der Waals surface area contributed by atoms with Crippen molar-refractivity contribution in [2.45, 2.75) is 65.8 Å². The van der Waals surface area contributed by atoms with E-state index in [0.717, 1.165) is 50.8 Å². The van der Waals surface area contributed by atoms with Gasteiger partial charge in [-0.15, -0.1) is 0 Å². The van der Waals surface area contributed by atoms with E-state index >= 15 is 0 Å². The number of carbonyl (C=O) groups excluding carboxylic acids is 3. The van der Waals surface area contributed by atoms with Crippen molar-refractivity contribution in [2.24, 2.45) is 11.3 Å². The number of nitrogens with zero attached hydrogens (tertiary/aromatic N) is 3. The minimum Gasteiger partial charge on any atom is -0.341 e. The highest BCUT2D eigenvalue weighted by atomic mass is 16.2. The first-order valence-corrected chi connectivity index (χ1v) is 12.2. The Morgan fingerprint density at radius 2 is 1.62 bits per heavy atom. The second-order valence-electron chi connectivity index (χ2n) is 10.3. The number of amides is 3. The third-order valence-electron chi connectivity index (χ3n) is 6.66. The molecule has 3 amide bonds. The highest BCUT2D eigenvalue weighted by Gasteiger charge is 2.37. The van der Waals surface area contributed by atoms with Gasteiger partial charge in [-0.2, -0.15) is 0 Å². The average Bonchev–Trinajstić information content (AvgIpc) is 2.81. The molecule has 0 aromatic heterocycles. The highest BCUT2D eigenvalue weighted by molar-refractivity contribution is 5.94. The van der Waals surface area contributed by atoms with Crippen LogP contribution in [0.15, 0.2) is 30.3 Å². The number of hydrogen-bond donors (Lipinski definition) is 0. The molecule has 176 valence electrons. The quantitative estimate of drug-likeness (QED) is 0.698. The maximum Gasteiger partial charge on any atom is 0.253 e. The minimum atomic E-state index is -0.424. The van der Waals surface area contributed by atoms with Gasteiger partial charge < -0.3 is 14.7 Å². The lowest BCUT2D eigenvalue weighted by molar-refractivity contribution is -0.146. The van der Waals surface area contributed by atoms with Crippen molar-refractivity contribution in [3.05, 3.63) is 35.9 Å². The molecule has 3 rings (SSSR count). The van der Waals surface area contributed by atoms with Gasteiger partial charge in [0, 0.05) is 49.7 Å². The summed E-state index contributed by atoms with van der Waals surface area (Å²) in [6.45, 7) is 11.3. The van der Waals surface area contributed by atoms with Gasteiger partial charge in [0.2, 0.25) is 11.8 Å². The summed E-state index contributed by atoms with van der Waals surface area (Å²) in [5.41, 5.74) is 0.296. The van der Waals surface area contributed by atoms with Crippen molar-refractivity contribution in [1.82, 2.24) is 14.7 Å². The van der Waals surface area contributed by atoms with Crippen LogP contribution in [0.2, 0.25) is 0 Å². The molecule has 0 N–H and O–H groups in total. The van der Waals surface area contributed by atoms with Crippen LogP contribution in [0.5, 0.6) is 0 Å². The third-order valence-corrected chi connectivity index (χ3v) is 6.66. The molecule has 0 saturated carbocycles. The third kappa shape index (κ3) is 5.70. The summed E-state index contributed by atoms with van der Waals surface area (Å²) < 4.78 is 0. The second kappa shape index (κ2) is 10.5. The lowest BCUT2D eigenvalue weighted by atomic mass is 9.90. The molecule has 0 aliphatic carbocycles. The van der Waals surface area contributed by atoms with Crippen LogP contribution in [0, 0.1) is 11.3 Å². The first kappa shape index (κ1) is 24.3. The summed E-state index contributed by atoms with van der Waals surface area (Å²) >= 11 is 0. The van der Waals surface area contributed by atoms with Crippen molar-refractivity contribution < 1.29 is 14.4 Å². The van der Waals surface area contributed by atoms with Crippen LogP contribution in [0.3, 0.4) is 0 Å². The van der Waals surface area contributed by atoms with Crippen molar-refractivity contribution in [1.29, 1.82) is 0 Å². The van der Waals surface area contributed by atoms with Gasteiger partial charge in [0.1, 0.15) is 0 Å². The molecule has 0 radical (unpaired) electrons. The van der Waals surface area contributed by atoms with E-state index in [1.807, 2.05) is 60.9 Å². The van der Waals surface area contributed by atoms with Gasteiger partial charge in [0.15, 0.2) is 0 Å². The van der Waals surface area contributed by atoms with Crippen LogP contribution in [0.4, 0.5) is 0 Å². The van der Waals surface area contributed by atoms with Gasteiger partial charge in [-0.25, -0.2) is 0 Å². The van der Waals surface area contributed by atoms with Crippen LogP contribution >= 0.6 is 0 Å². The summed E-state index contributed by atoms with van der Waals surface area (Å²) in [4.78, 5) is 44.9. The van der Waals surface area contributed by atoms with E-state index in [1.165, 1.54) is 0 Å². The molecule has 0 bridgehead atoms. The largest absolute Gasteiger partial charge is 0.341 e. The van der Waals surface area contributed by atoms with Crippen LogP contribution < -0.4 is 0 Å². The van der Waals surface area contributed by atoms with E-state index < -0.39 is 5.41 Å². The Morgan fingerprint density at radius 1 is 0.969 bits per heavy atom. The SMILES string of the molecule is CCCN(C(=O)C1CCCN(C(=O)C(C)(C)C)C1)C1CCN(C(=O)c2ccccc2)CC1. The van der Waals surface area contributed by atoms with Gasteiger partial charge in [-0.05, 0) is 44.2 Å². The predicted molar refractivity (Wildman–Crippen MR) is 126 cm³/mol. The molecule has 2 aliphatic heterocycles. The van der Waals surface area contributed by atoms with Gasteiger partial charge >= 0.3 is 0 Å². The lowest BCUT2D eigenvalue weighted by Crippen LogP contribution is -2.53. The van der Waals surface area contributed by atoms with E-state index in [1.54, 1.807) is 0 Å². The first-order chi connectivity index (χ1) is 15.2.